The van der Waals surface area contributed by atoms with E-state index in [9.17, 15) is 0 Å². The fourth-order valence-corrected chi connectivity index (χ4v) is 3.64. The first-order valence-corrected chi connectivity index (χ1v) is 7.53. The van der Waals surface area contributed by atoms with Crippen LogP contribution in [0.15, 0.2) is 42.6 Å². The van der Waals surface area contributed by atoms with E-state index in [4.69, 9.17) is 5.84 Å². The molecule has 1 heterocycles. The smallest absolute Gasteiger partial charge is 0.0554 e. The number of nitrogens with zero attached hydrogens (tertiary/aromatic N) is 1. The number of halogens is 1. The first-order valence-electron chi connectivity index (χ1n) is 6.45. The SMILES string of the molecule is NNC(c1ccccc1I)C1CCc2cccnc21. The van der Waals surface area contributed by atoms with E-state index in [2.05, 4.69) is 63.3 Å². The van der Waals surface area contributed by atoms with Crippen molar-refractivity contribution in [2.75, 3.05) is 0 Å². The molecule has 3 N–H and O–H groups in total. The minimum Gasteiger partial charge on any atom is -0.271 e. The van der Waals surface area contributed by atoms with E-state index in [0.717, 1.165) is 12.8 Å². The number of nitrogens with one attached hydrogen (secondary N) is 1. The normalized spacial score (nSPS) is 19.2. The summed E-state index contributed by atoms with van der Waals surface area (Å²) in [6.07, 6.45) is 4.07. The second-order valence-corrected chi connectivity index (χ2v) is 6.02. The predicted octanol–water partition coefficient (Wildman–Crippen LogP) is 2.92. The van der Waals surface area contributed by atoms with Crippen LogP contribution in [0.1, 0.15) is 35.2 Å². The Bertz CT molecular complexity index is 585. The van der Waals surface area contributed by atoms with Crippen molar-refractivity contribution in [2.24, 2.45) is 5.84 Å². The molecule has 1 aromatic heterocycles. The van der Waals surface area contributed by atoms with Crippen molar-refractivity contribution >= 4 is 22.6 Å². The van der Waals surface area contributed by atoms with Crippen molar-refractivity contribution in [3.05, 3.63) is 63.0 Å². The van der Waals surface area contributed by atoms with Gasteiger partial charge in [0.15, 0.2) is 0 Å². The molecule has 2 aromatic rings. The molecule has 98 valence electrons. The zero-order valence-electron chi connectivity index (χ0n) is 10.5. The van der Waals surface area contributed by atoms with Crippen molar-refractivity contribution in [2.45, 2.75) is 24.8 Å². The molecule has 3 nitrogen and oxygen atoms in total. The van der Waals surface area contributed by atoms with Crippen LogP contribution in [0, 0.1) is 3.57 Å². The minimum absolute atomic E-state index is 0.129. The van der Waals surface area contributed by atoms with Gasteiger partial charge in [0.2, 0.25) is 0 Å². The van der Waals surface area contributed by atoms with Gasteiger partial charge in [0, 0.05) is 21.4 Å². The van der Waals surface area contributed by atoms with E-state index in [1.54, 1.807) is 0 Å². The molecule has 19 heavy (non-hydrogen) atoms. The van der Waals surface area contributed by atoms with Gasteiger partial charge in [0.1, 0.15) is 0 Å². The van der Waals surface area contributed by atoms with E-state index in [1.807, 2.05) is 12.3 Å². The summed E-state index contributed by atoms with van der Waals surface area (Å²) in [5.41, 5.74) is 6.81. The third kappa shape index (κ3) is 2.40. The van der Waals surface area contributed by atoms with E-state index >= 15 is 0 Å². The number of nitrogens with two attached hydrogens (primary N) is 1. The molecule has 2 atom stereocenters. The number of rotatable bonds is 3. The Morgan fingerprint density at radius 3 is 2.89 bits per heavy atom. The minimum atomic E-state index is 0.129. The van der Waals surface area contributed by atoms with Gasteiger partial charge in [-0.3, -0.25) is 16.3 Å². The van der Waals surface area contributed by atoms with E-state index in [0.29, 0.717) is 5.92 Å². The lowest BCUT2D eigenvalue weighted by molar-refractivity contribution is 0.445. The number of aromatic nitrogens is 1. The summed E-state index contributed by atoms with van der Waals surface area (Å²) < 4.78 is 1.24. The molecule has 0 saturated heterocycles. The largest absolute Gasteiger partial charge is 0.271 e. The van der Waals surface area contributed by atoms with Crippen molar-refractivity contribution in [1.29, 1.82) is 0 Å². The molecule has 1 aliphatic rings. The summed E-state index contributed by atoms with van der Waals surface area (Å²) in [6, 6.07) is 12.7. The van der Waals surface area contributed by atoms with Crippen molar-refractivity contribution < 1.29 is 0 Å². The van der Waals surface area contributed by atoms with Crippen LogP contribution in [0.5, 0.6) is 0 Å². The zero-order chi connectivity index (χ0) is 13.2. The highest BCUT2D eigenvalue weighted by Gasteiger charge is 2.32. The highest BCUT2D eigenvalue weighted by Crippen LogP contribution is 2.40. The Labute approximate surface area is 126 Å². The van der Waals surface area contributed by atoms with E-state index in [1.165, 1.54) is 20.4 Å². The van der Waals surface area contributed by atoms with Crippen molar-refractivity contribution in [1.82, 2.24) is 10.4 Å². The number of fused-ring (bicyclic) bond motifs is 1. The highest BCUT2D eigenvalue weighted by atomic mass is 127. The second kappa shape index (κ2) is 5.56. The van der Waals surface area contributed by atoms with Gasteiger partial charge in [-0.15, -0.1) is 0 Å². The molecule has 3 rings (SSSR count). The molecule has 0 fully saturated rings. The lowest BCUT2D eigenvalue weighted by Gasteiger charge is -2.24. The van der Waals surface area contributed by atoms with E-state index in [-0.39, 0.29) is 6.04 Å². The summed E-state index contributed by atoms with van der Waals surface area (Å²) in [6.45, 7) is 0. The number of hydrogen-bond donors (Lipinski definition) is 2. The quantitative estimate of drug-likeness (QED) is 0.500. The van der Waals surface area contributed by atoms with Gasteiger partial charge >= 0.3 is 0 Å². The van der Waals surface area contributed by atoms with Crippen LogP contribution in [0.3, 0.4) is 0 Å². The molecular formula is C15H16IN3. The average molecular weight is 365 g/mol. The molecule has 2 unspecified atom stereocenters. The molecule has 4 heteroatoms. The maximum absolute atomic E-state index is 5.83. The van der Waals surface area contributed by atoms with Crippen LogP contribution < -0.4 is 11.3 Å². The number of aryl methyl sites for hydroxylation is 1. The first kappa shape index (κ1) is 13.0. The zero-order valence-corrected chi connectivity index (χ0v) is 12.7. The van der Waals surface area contributed by atoms with Crippen LogP contribution in [0.2, 0.25) is 0 Å². The molecule has 0 radical (unpaired) electrons. The lowest BCUT2D eigenvalue weighted by atomic mass is 9.91. The van der Waals surface area contributed by atoms with Crippen LogP contribution in [0.25, 0.3) is 0 Å². The Morgan fingerprint density at radius 1 is 1.26 bits per heavy atom. The number of hydrazine groups is 1. The topological polar surface area (TPSA) is 50.9 Å². The Hall–Kier alpha value is -0.980. The molecule has 1 aliphatic carbocycles. The predicted molar refractivity (Wildman–Crippen MR) is 84.5 cm³/mol. The molecule has 0 bridgehead atoms. The fourth-order valence-electron chi connectivity index (χ4n) is 2.92. The van der Waals surface area contributed by atoms with Gasteiger partial charge in [-0.05, 0) is 58.7 Å². The van der Waals surface area contributed by atoms with E-state index < -0.39 is 0 Å². The summed E-state index contributed by atoms with van der Waals surface area (Å²) in [5.74, 6) is 6.19. The van der Waals surface area contributed by atoms with Crippen LogP contribution >= 0.6 is 22.6 Å². The van der Waals surface area contributed by atoms with Gasteiger partial charge in [-0.1, -0.05) is 24.3 Å². The standard InChI is InChI=1S/C15H16IN3/c16-13-6-2-1-5-11(13)15(19-17)12-8-7-10-4-3-9-18-14(10)12/h1-6,9,12,15,19H,7-8,17H2. The van der Waals surface area contributed by atoms with Crippen LogP contribution in [-0.2, 0) is 6.42 Å². The maximum Gasteiger partial charge on any atom is 0.0554 e. The second-order valence-electron chi connectivity index (χ2n) is 4.86. The number of pyridine rings is 1. The Morgan fingerprint density at radius 2 is 2.11 bits per heavy atom. The number of benzene rings is 1. The van der Waals surface area contributed by atoms with Crippen LogP contribution in [-0.4, -0.2) is 4.98 Å². The lowest BCUT2D eigenvalue weighted by Crippen LogP contribution is -2.32. The van der Waals surface area contributed by atoms with Crippen molar-refractivity contribution in [3.8, 4) is 0 Å². The van der Waals surface area contributed by atoms with Gasteiger partial charge < -0.3 is 0 Å². The summed E-state index contributed by atoms with van der Waals surface area (Å²) in [7, 11) is 0. The molecule has 0 amide bonds. The molecule has 0 saturated carbocycles. The Balaban J connectivity index is 1.99. The fraction of sp³-hybridized carbons (Fsp3) is 0.267. The average Bonchev–Trinajstić information content (AvgIpc) is 2.86. The molecule has 0 spiro atoms. The summed E-state index contributed by atoms with van der Waals surface area (Å²) in [4.78, 5) is 4.57. The van der Waals surface area contributed by atoms with Crippen LogP contribution in [0.4, 0.5) is 0 Å². The monoisotopic (exact) mass is 365 g/mol. The van der Waals surface area contributed by atoms with Gasteiger partial charge in [0.25, 0.3) is 0 Å². The van der Waals surface area contributed by atoms with Gasteiger partial charge in [-0.25, -0.2) is 0 Å². The third-order valence-corrected chi connectivity index (χ3v) is 4.81. The highest BCUT2D eigenvalue weighted by molar-refractivity contribution is 14.1. The van der Waals surface area contributed by atoms with Crippen molar-refractivity contribution in [3.63, 3.8) is 0 Å². The Kier molecular flexibility index (Phi) is 3.81. The molecule has 0 aliphatic heterocycles. The van der Waals surface area contributed by atoms with Gasteiger partial charge in [0.05, 0.1) is 6.04 Å². The first-order chi connectivity index (χ1) is 9.31. The summed E-state index contributed by atoms with van der Waals surface area (Å²) >= 11 is 2.37. The van der Waals surface area contributed by atoms with Gasteiger partial charge in [-0.2, -0.15) is 0 Å². The summed E-state index contributed by atoms with van der Waals surface area (Å²) in [5, 5.41) is 0. The maximum atomic E-state index is 5.83. The number of hydrogen-bond acceptors (Lipinski definition) is 3. The molecular weight excluding hydrogens is 349 g/mol. The molecule has 1 aromatic carbocycles. The third-order valence-electron chi connectivity index (χ3n) is 3.82.